The molecule has 1 saturated heterocycles. The van der Waals surface area contributed by atoms with E-state index in [0.29, 0.717) is 32.2 Å². The number of carboxylic acid groups (broad SMARTS) is 1. The summed E-state index contributed by atoms with van der Waals surface area (Å²) >= 11 is 0. The van der Waals surface area contributed by atoms with Crippen molar-refractivity contribution in [1.29, 1.82) is 0 Å². The molecule has 0 saturated carbocycles. The van der Waals surface area contributed by atoms with E-state index < -0.39 is 5.97 Å². The van der Waals surface area contributed by atoms with Crippen molar-refractivity contribution in [3.8, 4) is 0 Å². The van der Waals surface area contributed by atoms with Crippen LogP contribution in [0.2, 0.25) is 0 Å². The molecule has 0 bridgehead atoms. The molecule has 100 valence electrons. The molecule has 0 atom stereocenters. The maximum absolute atomic E-state index is 11.6. The van der Waals surface area contributed by atoms with Crippen LogP contribution in [0.3, 0.4) is 0 Å². The van der Waals surface area contributed by atoms with Gasteiger partial charge in [0.05, 0.1) is 5.56 Å². The Kier molecular flexibility index (Phi) is 3.94. The van der Waals surface area contributed by atoms with Crippen LogP contribution in [-0.2, 0) is 16.0 Å². The van der Waals surface area contributed by atoms with Crippen LogP contribution in [-0.4, -0.2) is 34.3 Å². The number of benzene rings is 1. The predicted molar refractivity (Wildman–Crippen MR) is 67.7 cm³/mol. The second kappa shape index (κ2) is 5.65. The van der Waals surface area contributed by atoms with E-state index in [2.05, 4.69) is 0 Å². The Morgan fingerprint density at radius 2 is 1.68 bits per heavy atom. The van der Waals surface area contributed by atoms with Crippen LogP contribution < -0.4 is 0 Å². The molecule has 2 amide bonds. The first kappa shape index (κ1) is 13.3. The first-order valence-corrected chi connectivity index (χ1v) is 6.23. The van der Waals surface area contributed by atoms with E-state index in [1.807, 2.05) is 0 Å². The van der Waals surface area contributed by atoms with Crippen molar-refractivity contribution in [2.45, 2.75) is 25.7 Å². The molecule has 5 nitrogen and oxygen atoms in total. The Bertz CT molecular complexity index is 491. The summed E-state index contributed by atoms with van der Waals surface area (Å²) in [5.74, 6) is -1.19. The molecular formula is C14H15NO4. The number of hydrogen-bond donors (Lipinski definition) is 1. The fraction of sp³-hybridized carbons (Fsp3) is 0.357. The van der Waals surface area contributed by atoms with Gasteiger partial charge in [0.15, 0.2) is 0 Å². The molecular weight excluding hydrogens is 246 g/mol. The highest BCUT2D eigenvalue weighted by molar-refractivity contribution is 5.97. The van der Waals surface area contributed by atoms with Crippen molar-refractivity contribution >= 4 is 17.8 Å². The second-order valence-electron chi connectivity index (χ2n) is 4.54. The number of carbonyl (C=O) groups is 3. The summed E-state index contributed by atoms with van der Waals surface area (Å²) in [7, 11) is 0. The van der Waals surface area contributed by atoms with Crippen LogP contribution in [0.25, 0.3) is 0 Å². The number of carbonyl (C=O) groups excluding carboxylic acids is 2. The Balaban J connectivity index is 1.96. The van der Waals surface area contributed by atoms with Gasteiger partial charge >= 0.3 is 5.97 Å². The number of likely N-dealkylation sites (tertiary alicyclic amines) is 1. The van der Waals surface area contributed by atoms with E-state index in [0.717, 1.165) is 5.56 Å². The molecule has 1 aliphatic rings. The quantitative estimate of drug-likeness (QED) is 0.833. The van der Waals surface area contributed by atoms with E-state index in [1.54, 1.807) is 12.1 Å². The predicted octanol–water partition coefficient (Wildman–Crippen LogP) is 1.47. The zero-order valence-electron chi connectivity index (χ0n) is 10.5. The van der Waals surface area contributed by atoms with Crippen molar-refractivity contribution < 1.29 is 19.5 Å². The molecule has 1 fully saturated rings. The minimum atomic E-state index is -0.965. The zero-order valence-corrected chi connectivity index (χ0v) is 10.5. The highest BCUT2D eigenvalue weighted by atomic mass is 16.4. The minimum Gasteiger partial charge on any atom is -0.478 e. The average molecular weight is 261 g/mol. The summed E-state index contributed by atoms with van der Waals surface area (Å²) in [6.07, 6.45) is 2.06. The topological polar surface area (TPSA) is 74.7 Å². The standard InChI is InChI=1S/C14H15NO4/c16-12-2-1-3-13(17)15(12)9-8-10-4-6-11(7-5-10)14(18)19/h4-7H,1-3,8-9H2,(H,18,19). The van der Waals surface area contributed by atoms with Crippen molar-refractivity contribution in [1.82, 2.24) is 4.90 Å². The summed E-state index contributed by atoms with van der Waals surface area (Å²) in [6.45, 7) is 0.365. The Hall–Kier alpha value is -2.17. The number of aromatic carboxylic acids is 1. The third-order valence-corrected chi connectivity index (χ3v) is 3.21. The van der Waals surface area contributed by atoms with Gasteiger partial charge in [-0.2, -0.15) is 0 Å². The number of rotatable bonds is 4. The van der Waals surface area contributed by atoms with Crippen LogP contribution in [0.1, 0.15) is 35.2 Å². The van der Waals surface area contributed by atoms with E-state index in [9.17, 15) is 14.4 Å². The largest absolute Gasteiger partial charge is 0.478 e. The molecule has 0 spiro atoms. The highest BCUT2D eigenvalue weighted by Gasteiger charge is 2.25. The fourth-order valence-corrected chi connectivity index (χ4v) is 2.10. The van der Waals surface area contributed by atoms with Crippen LogP contribution >= 0.6 is 0 Å². The van der Waals surface area contributed by atoms with E-state index in [1.165, 1.54) is 17.0 Å². The summed E-state index contributed by atoms with van der Waals surface area (Å²) in [5.41, 5.74) is 1.14. The fourth-order valence-electron chi connectivity index (χ4n) is 2.10. The second-order valence-corrected chi connectivity index (χ2v) is 4.54. The SMILES string of the molecule is O=C(O)c1ccc(CCN2C(=O)CCCC2=O)cc1. The molecule has 5 heteroatoms. The summed E-state index contributed by atoms with van der Waals surface area (Å²) < 4.78 is 0. The van der Waals surface area contributed by atoms with Crippen LogP contribution in [0.15, 0.2) is 24.3 Å². The third-order valence-electron chi connectivity index (χ3n) is 3.21. The lowest BCUT2D eigenvalue weighted by Crippen LogP contribution is -2.41. The first-order chi connectivity index (χ1) is 9.08. The van der Waals surface area contributed by atoms with Crippen LogP contribution in [0, 0.1) is 0 Å². The molecule has 0 unspecified atom stereocenters. The Morgan fingerprint density at radius 3 is 2.21 bits per heavy atom. The van der Waals surface area contributed by atoms with Crippen LogP contribution in [0.4, 0.5) is 0 Å². The van der Waals surface area contributed by atoms with Gasteiger partial charge in [0.1, 0.15) is 0 Å². The number of nitrogens with zero attached hydrogens (tertiary/aromatic N) is 1. The van der Waals surface area contributed by atoms with Crippen molar-refractivity contribution in [3.05, 3.63) is 35.4 Å². The first-order valence-electron chi connectivity index (χ1n) is 6.23. The third kappa shape index (κ3) is 3.19. The van der Waals surface area contributed by atoms with Crippen molar-refractivity contribution in [2.24, 2.45) is 0 Å². The molecule has 1 aliphatic heterocycles. The van der Waals surface area contributed by atoms with Gasteiger partial charge in [-0.05, 0) is 30.5 Å². The lowest BCUT2D eigenvalue weighted by Gasteiger charge is -2.24. The van der Waals surface area contributed by atoms with E-state index in [4.69, 9.17) is 5.11 Å². The average Bonchev–Trinajstić information content (AvgIpc) is 2.38. The summed E-state index contributed by atoms with van der Waals surface area (Å²) in [4.78, 5) is 35.2. The van der Waals surface area contributed by atoms with Gasteiger partial charge in [-0.3, -0.25) is 14.5 Å². The molecule has 1 N–H and O–H groups in total. The normalized spacial score (nSPS) is 15.7. The van der Waals surface area contributed by atoms with Gasteiger partial charge in [-0.25, -0.2) is 4.79 Å². The van der Waals surface area contributed by atoms with Gasteiger partial charge in [0.25, 0.3) is 0 Å². The molecule has 2 rings (SSSR count). The number of piperidine rings is 1. The lowest BCUT2D eigenvalue weighted by molar-refractivity contribution is -0.147. The van der Waals surface area contributed by atoms with Gasteiger partial charge in [-0.1, -0.05) is 12.1 Å². The maximum Gasteiger partial charge on any atom is 0.335 e. The smallest absolute Gasteiger partial charge is 0.335 e. The molecule has 0 aliphatic carbocycles. The van der Waals surface area contributed by atoms with Gasteiger partial charge in [0.2, 0.25) is 11.8 Å². The Morgan fingerprint density at radius 1 is 1.11 bits per heavy atom. The molecule has 1 aromatic rings. The van der Waals surface area contributed by atoms with Gasteiger partial charge < -0.3 is 5.11 Å². The monoisotopic (exact) mass is 261 g/mol. The highest BCUT2D eigenvalue weighted by Crippen LogP contribution is 2.13. The van der Waals surface area contributed by atoms with E-state index in [-0.39, 0.29) is 17.4 Å². The van der Waals surface area contributed by atoms with Crippen molar-refractivity contribution in [3.63, 3.8) is 0 Å². The van der Waals surface area contributed by atoms with E-state index >= 15 is 0 Å². The number of carboxylic acids is 1. The molecule has 19 heavy (non-hydrogen) atoms. The molecule has 1 aromatic carbocycles. The summed E-state index contributed by atoms with van der Waals surface area (Å²) in [6, 6.07) is 6.47. The van der Waals surface area contributed by atoms with Crippen LogP contribution in [0.5, 0.6) is 0 Å². The molecule has 1 heterocycles. The minimum absolute atomic E-state index is 0.113. The molecule has 0 aromatic heterocycles. The Labute approximate surface area is 110 Å². The maximum atomic E-state index is 11.6. The number of hydrogen-bond acceptors (Lipinski definition) is 3. The van der Waals surface area contributed by atoms with Gasteiger partial charge in [-0.15, -0.1) is 0 Å². The lowest BCUT2D eigenvalue weighted by atomic mass is 10.1. The van der Waals surface area contributed by atoms with Crippen molar-refractivity contribution in [2.75, 3.05) is 6.54 Å². The zero-order chi connectivity index (χ0) is 13.8. The summed E-state index contributed by atoms with van der Waals surface area (Å²) in [5, 5.41) is 8.78. The molecule has 0 radical (unpaired) electrons. The van der Waals surface area contributed by atoms with Gasteiger partial charge in [0, 0.05) is 19.4 Å². The number of imide groups is 1. The number of amides is 2.